The molecule has 0 aliphatic carbocycles. The van der Waals surface area contributed by atoms with E-state index in [-0.39, 0.29) is 24.0 Å². The van der Waals surface area contributed by atoms with Crippen molar-refractivity contribution in [3.8, 4) is 11.5 Å². The largest absolute Gasteiger partial charge is 0.496 e. The van der Waals surface area contributed by atoms with Gasteiger partial charge in [-0.1, -0.05) is 29.8 Å². The smallest absolute Gasteiger partial charge is 0.193 e. The Hall–Kier alpha value is -1.67. The fourth-order valence-electron chi connectivity index (χ4n) is 2.14. The summed E-state index contributed by atoms with van der Waals surface area (Å²) in [5.74, 6) is 1.81. The Labute approximate surface area is 164 Å². The van der Waals surface area contributed by atoms with Crippen molar-refractivity contribution in [2.75, 3.05) is 26.1 Å². The maximum absolute atomic E-state index is 6.07. The molecule has 24 heavy (non-hydrogen) atoms. The summed E-state index contributed by atoms with van der Waals surface area (Å²) in [4.78, 5) is 4.32. The molecule has 0 saturated carbocycles. The van der Waals surface area contributed by atoms with Gasteiger partial charge in [0, 0.05) is 12.2 Å². The second-order valence-electron chi connectivity index (χ2n) is 4.80. The number of methoxy groups -OCH3 is 2. The summed E-state index contributed by atoms with van der Waals surface area (Å²) in [5.41, 5.74) is 7.75. The lowest BCUT2D eigenvalue weighted by atomic mass is 10.1. The molecule has 0 aromatic heterocycles. The van der Waals surface area contributed by atoms with Crippen LogP contribution in [0.4, 0.5) is 5.69 Å². The van der Waals surface area contributed by atoms with Crippen molar-refractivity contribution in [1.82, 2.24) is 0 Å². The number of anilines is 1. The SMILES string of the molecule is COc1ccc(NC(N)=NCCc2ccccc2OC)cc1Cl.I. The predicted molar refractivity (Wildman–Crippen MR) is 110 cm³/mol. The van der Waals surface area contributed by atoms with E-state index in [2.05, 4.69) is 10.3 Å². The second kappa shape index (κ2) is 10.2. The first-order valence-electron chi connectivity index (χ1n) is 7.16. The summed E-state index contributed by atoms with van der Waals surface area (Å²) >= 11 is 6.07. The van der Waals surface area contributed by atoms with Gasteiger partial charge in [0.05, 0.1) is 19.2 Å². The van der Waals surface area contributed by atoms with Gasteiger partial charge in [0.2, 0.25) is 0 Å². The van der Waals surface area contributed by atoms with Gasteiger partial charge in [-0.25, -0.2) is 0 Å². The number of halogens is 2. The highest BCUT2D eigenvalue weighted by atomic mass is 127. The Balaban J connectivity index is 0.00000288. The fraction of sp³-hybridized carbons (Fsp3) is 0.235. The Morgan fingerprint density at radius 2 is 1.83 bits per heavy atom. The first-order chi connectivity index (χ1) is 11.1. The number of hydrogen-bond acceptors (Lipinski definition) is 3. The van der Waals surface area contributed by atoms with Gasteiger partial charge in [-0.3, -0.25) is 4.99 Å². The van der Waals surface area contributed by atoms with Gasteiger partial charge in [0.15, 0.2) is 5.96 Å². The van der Waals surface area contributed by atoms with Crippen LogP contribution in [0.15, 0.2) is 47.5 Å². The van der Waals surface area contributed by atoms with Crippen LogP contribution in [0.5, 0.6) is 11.5 Å². The van der Waals surface area contributed by atoms with Crippen LogP contribution >= 0.6 is 35.6 Å². The van der Waals surface area contributed by atoms with Gasteiger partial charge in [-0.05, 0) is 36.2 Å². The third-order valence-electron chi connectivity index (χ3n) is 3.28. The Kier molecular flexibility index (Phi) is 8.70. The molecule has 3 N–H and O–H groups in total. The van der Waals surface area contributed by atoms with Crippen LogP contribution in [0, 0.1) is 0 Å². The minimum absolute atomic E-state index is 0. The quantitative estimate of drug-likeness (QED) is 0.388. The number of ether oxygens (including phenoxy) is 2. The molecule has 0 spiro atoms. The van der Waals surface area contributed by atoms with Crippen LogP contribution in [0.25, 0.3) is 0 Å². The molecule has 2 aromatic carbocycles. The lowest BCUT2D eigenvalue weighted by Gasteiger charge is -2.09. The van der Waals surface area contributed by atoms with Crippen LogP contribution < -0.4 is 20.5 Å². The van der Waals surface area contributed by atoms with E-state index in [1.807, 2.05) is 30.3 Å². The number of benzene rings is 2. The highest BCUT2D eigenvalue weighted by Gasteiger charge is 2.03. The van der Waals surface area contributed by atoms with E-state index in [0.717, 1.165) is 23.4 Å². The van der Waals surface area contributed by atoms with Crippen molar-refractivity contribution in [1.29, 1.82) is 0 Å². The number of para-hydroxylation sites is 1. The molecule has 0 aliphatic rings. The number of guanidine groups is 1. The monoisotopic (exact) mass is 461 g/mol. The zero-order valence-corrected chi connectivity index (χ0v) is 16.7. The minimum Gasteiger partial charge on any atom is -0.496 e. The molecule has 0 amide bonds. The van der Waals surface area contributed by atoms with Crippen molar-refractivity contribution < 1.29 is 9.47 Å². The highest BCUT2D eigenvalue weighted by Crippen LogP contribution is 2.27. The summed E-state index contributed by atoms with van der Waals surface area (Å²) in [6.07, 6.45) is 0.746. The first-order valence-corrected chi connectivity index (χ1v) is 7.54. The van der Waals surface area contributed by atoms with Crippen molar-refractivity contribution in [3.05, 3.63) is 53.1 Å². The van der Waals surface area contributed by atoms with Gasteiger partial charge in [0.25, 0.3) is 0 Å². The number of rotatable bonds is 6. The summed E-state index contributed by atoms with van der Waals surface area (Å²) in [7, 11) is 3.23. The number of nitrogens with one attached hydrogen (secondary N) is 1. The van der Waals surface area contributed by atoms with E-state index in [0.29, 0.717) is 23.3 Å². The molecule has 2 aromatic rings. The first kappa shape index (κ1) is 20.4. The molecule has 2 rings (SSSR count). The van der Waals surface area contributed by atoms with Crippen LogP contribution in [0.1, 0.15) is 5.56 Å². The lowest BCUT2D eigenvalue weighted by molar-refractivity contribution is 0.410. The summed E-state index contributed by atoms with van der Waals surface area (Å²) in [5, 5.41) is 3.52. The molecule has 0 heterocycles. The maximum atomic E-state index is 6.07. The van der Waals surface area contributed by atoms with Crippen LogP contribution in [-0.2, 0) is 6.42 Å². The molecule has 7 heteroatoms. The molecule has 0 aliphatic heterocycles. The lowest BCUT2D eigenvalue weighted by Crippen LogP contribution is -2.23. The van der Waals surface area contributed by atoms with Gasteiger partial charge in [-0.15, -0.1) is 24.0 Å². The number of hydrogen-bond donors (Lipinski definition) is 2. The number of nitrogens with two attached hydrogens (primary N) is 1. The average molecular weight is 462 g/mol. The fourth-order valence-corrected chi connectivity index (χ4v) is 2.40. The molecule has 0 fully saturated rings. The minimum atomic E-state index is 0. The topological polar surface area (TPSA) is 68.9 Å². The molecule has 0 radical (unpaired) electrons. The number of aliphatic imine (C=N–C) groups is 1. The van der Waals surface area contributed by atoms with Gasteiger partial charge in [-0.2, -0.15) is 0 Å². The molecule has 130 valence electrons. The van der Waals surface area contributed by atoms with Gasteiger partial charge in [0.1, 0.15) is 11.5 Å². The average Bonchev–Trinajstić information content (AvgIpc) is 2.55. The predicted octanol–water partition coefficient (Wildman–Crippen LogP) is 3.94. The molecule has 0 unspecified atom stereocenters. The highest BCUT2D eigenvalue weighted by molar-refractivity contribution is 14.0. The molecule has 5 nitrogen and oxygen atoms in total. The van der Waals surface area contributed by atoms with E-state index in [1.54, 1.807) is 26.4 Å². The van der Waals surface area contributed by atoms with E-state index in [9.17, 15) is 0 Å². The Morgan fingerprint density at radius 1 is 1.12 bits per heavy atom. The van der Waals surface area contributed by atoms with E-state index in [4.69, 9.17) is 26.8 Å². The zero-order chi connectivity index (χ0) is 16.7. The zero-order valence-electron chi connectivity index (χ0n) is 13.6. The van der Waals surface area contributed by atoms with E-state index >= 15 is 0 Å². The van der Waals surface area contributed by atoms with E-state index in [1.165, 1.54) is 0 Å². The summed E-state index contributed by atoms with van der Waals surface area (Å²) < 4.78 is 10.4. The van der Waals surface area contributed by atoms with Crippen molar-refractivity contribution in [3.63, 3.8) is 0 Å². The van der Waals surface area contributed by atoms with Crippen molar-refractivity contribution >= 4 is 47.2 Å². The third kappa shape index (κ3) is 5.76. The van der Waals surface area contributed by atoms with Crippen LogP contribution in [-0.4, -0.2) is 26.7 Å². The maximum Gasteiger partial charge on any atom is 0.193 e. The van der Waals surface area contributed by atoms with E-state index < -0.39 is 0 Å². The second-order valence-corrected chi connectivity index (χ2v) is 5.21. The van der Waals surface area contributed by atoms with Crippen molar-refractivity contribution in [2.45, 2.75) is 6.42 Å². The molecule has 0 atom stereocenters. The Bertz CT molecular complexity index is 695. The van der Waals surface area contributed by atoms with Gasteiger partial charge >= 0.3 is 0 Å². The van der Waals surface area contributed by atoms with Crippen LogP contribution in [0.3, 0.4) is 0 Å². The standard InChI is InChI=1S/C17H20ClN3O2.HI/c1-22-15-6-4-3-5-12(15)9-10-20-17(19)21-13-7-8-16(23-2)14(18)11-13;/h3-8,11H,9-10H2,1-2H3,(H3,19,20,21);1H. The summed E-state index contributed by atoms with van der Waals surface area (Å²) in [6, 6.07) is 13.2. The van der Waals surface area contributed by atoms with Gasteiger partial charge < -0.3 is 20.5 Å². The molecular weight excluding hydrogens is 441 g/mol. The van der Waals surface area contributed by atoms with Crippen LogP contribution in [0.2, 0.25) is 5.02 Å². The summed E-state index contributed by atoms with van der Waals surface area (Å²) in [6.45, 7) is 0.559. The molecular formula is C17H21ClIN3O2. The van der Waals surface area contributed by atoms with Crippen molar-refractivity contribution in [2.24, 2.45) is 10.7 Å². The Morgan fingerprint density at radius 3 is 2.50 bits per heavy atom. The third-order valence-corrected chi connectivity index (χ3v) is 3.58. The normalized spacial score (nSPS) is 10.7. The number of nitrogens with zero attached hydrogens (tertiary/aromatic N) is 1. The molecule has 0 saturated heterocycles. The molecule has 0 bridgehead atoms.